The number of nitrogens with one attached hydrogen (secondary N) is 1. The number of methoxy groups -OCH3 is 2. The van der Waals surface area contributed by atoms with E-state index in [-0.39, 0.29) is 0 Å². The van der Waals surface area contributed by atoms with Crippen LogP contribution < -0.4 is 14.8 Å². The Morgan fingerprint density at radius 2 is 1.75 bits per heavy atom. The molecule has 0 aliphatic heterocycles. The largest absolute Gasteiger partial charge is 0.493 e. The summed E-state index contributed by atoms with van der Waals surface area (Å²) in [7, 11) is 3.21. The molecule has 0 fully saturated rings. The van der Waals surface area contributed by atoms with Crippen molar-refractivity contribution in [3.05, 3.63) is 23.8 Å². The minimum Gasteiger partial charge on any atom is -0.493 e. The van der Waals surface area contributed by atoms with Crippen molar-refractivity contribution in [2.75, 3.05) is 33.9 Å². The summed E-state index contributed by atoms with van der Waals surface area (Å²) in [5, 5.41) is 21.2. The van der Waals surface area contributed by atoms with Crippen molar-refractivity contribution < 1.29 is 9.47 Å². The fraction of sp³-hybridized carbons (Fsp3) is 0.471. The van der Waals surface area contributed by atoms with Crippen LogP contribution in [0.5, 0.6) is 11.5 Å². The van der Waals surface area contributed by atoms with Gasteiger partial charge in [0.05, 0.1) is 39.2 Å². The lowest BCUT2D eigenvalue weighted by atomic mass is 10.1. The van der Waals surface area contributed by atoms with E-state index in [9.17, 15) is 0 Å². The molecule has 0 bridgehead atoms. The fourth-order valence-corrected chi connectivity index (χ4v) is 2.43. The van der Waals surface area contributed by atoms with Crippen molar-refractivity contribution >= 4 is 17.3 Å². The van der Waals surface area contributed by atoms with E-state index >= 15 is 0 Å². The van der Waals surface area contributed by atoms with Gasteiger partial charge in [0.1, 0.15) is 0 Å². The number of nitriles is 2. The van der Waals surface area contributed by atoms with E-state index in [0.717, 1.165) is 12.0 Å². The van der Waals surface area contributed by atoms with Crippen LogP contribution in [-0.4, -0.2) is 43.9 Å². The summed E-state index contributed by atoms with van der Waals surface area (Å²) < 4.78 is 10.5. The van der Waals surface area contributed by atoms with Gasteiger partial charge in [0.15, 0.2) is 16.6 Å². The van der Waals surface area contributed by atoms with Crippen LogP contribution in [0.3, 0.4) is 0 Å². The Hall–Kier alpha value is -2.51. The summed E-state index contributed by atoms with van der Waals surface area (Å²) in [6, 6.07) is 9.99. The highest BCUT2D eigenvalue weighted by molar-refractivity contribution is 7.80. The lowest BCUT2D eigenvalue weighted by Gasteiger charge is -2.24. The summed E-state index contributed by atoms with van der Waals surface area (Å²) >= 11 is 5.36. The standard InChI is InChI=1S/C17H22N4O2S/c1-22-15-6-5-14(13-16(15)23-2)7-10-20-17(24)21(11-3-8-18)12-4-9-19/h5-6,13H,3-4,7,10-12H2,1-2H3,(H,20,24). The first-order chi connectivity index (χ1) is 11.7. The summed E-state index contributed by atoms with van der Waals surface area (Å²) in [5.74, 6) is 1.39. The second kappa shape index (κ2) is 11.1. The van der Waals surface area contributed by atoms with Crippen LogP contribution in [0.25, 0.3) is 0 Å². The molecule has 1 rings (SSSR count). The molecule has 0 saturated carbocycles. The Balaban J connectivity index is 2.54. The average Bonchev–Trinajstić information content (AvgIpc) is 2.61. The summed E-state index contributed by atoms with van der Waals surface area (Å²) in [5.41, 5.74) is 1.10. The van der Waals surface area contributed by atoms with Crippen LogP contribution >= 0.6 is 12.2 Å². The molecule has 0 radical (unpaired) electrons. The summed E-state index contributed by atoms with van der Waals surface area (Å²) in [6.45, 7) is 1.71. The number of hydrogen-bond acceptors (Lipinski definition) is 5. The lowest BCUT2D eigenvalue weighted by molar-refractivity contribution is 0.354. The molecule has 7 heteroatoms. The van der Waals surface area contributed by atoms with Gasteiger partial charge in [-0.25, -0.2) is 0 Å². The minimum absolute atomic E-state index is 0.378. The van der Waals surface area contributed by atoms with E-state index in [0.29, 0.717) is 49.1 Å². The predicted octanol–water partition coefficient (Wildman–Crippen LogP) is 2.25. The van der Waals surface area contributed by atoms with Gasteiger partial charge in [-0.3, -0.25) is 0 Å². The van der Waals surface area contributed by atoms with Crippen LogP contribution in [0.4, 0.5) is 0 Å². The Labute approximate surface area is 148 Å². The van der Waals surface area contributed by atoms with Crippen molar-refractivity contribution in [2.24, 2.45) is 0 Å². The molecule has 0 amide bonds. The third kappa shape index (κ3) is 6.31. The van der Waals surface area contributed by atoms with Crippen molar-refractivity contribution in [1.29, 1.82) is 10.5 Å². The Morgan fingerprint density at radius 3 is 2.29 bits per heavy atom. The van der Waals surface area contributed by atoms with Crippen molar-refractivity contribution in [3.8, 4) is 23.6 Å². The van der Waals surface area contributed by atoms with Gasteiger partial charge in [-0.15, -0.1) is 0 Å². The van der Waals surface area contributed by atoms with Gasteiger partial charge in [-0.05, 0) is 36.3 Å². The third-order valence-electron chi connectivity index (χ3n) is 3.41. The third-order valence-corrected chi connectivity index (χ3v) is 3.81. The monoisotopic (exact) mass is 346 g/mol. The molecular formula is C17H22N4O2S. The van der Waals surface area contributed by atoms with Gasteiger partial charge in [-0.1, -0.05) is 6.07 Å². The molecule has 1 aromatic carbocycles. The molecule has 24 heavy (non-hydrogen) atoms. The van der Waals surface area contributed by atoms with E-state index < -0.39 is 0 Å². The first-order valence-corrected chi connectivity index (χ1v) is 8.04. The molecule has 0 heterocycles. The Kier molecular flexibility index (Phi) is 9.03. The zero-order valence-electron chi connectivity index (χ0n) is 14.0. The highest BCUT2D eigenvalue weighted by Gasteiger charge is 2.09. The van der Waals surface area contributed by atoms with Gasteiger partial charge in [0.2, 0.25) is 0 Å². The summed E-state index contributed by atoms with van der Waals surface area (Å²) in [4.78, 5) is 1.86. The van der Waals surface area contributed by atoms with Gasteiger partial charge < -0.3 is 19.7 Å². The maximum Gasteiger partial charge on any atom is 0.169 e. The van der Waals surface area contributed by atoms with E-state index in [2.05, 4.69) is 17.5 Å². The molecular weight excluding hydrogens is 324 g/mol. The van der Waals surface area contributed by atoms with E-state index in [4.69, 9.17) is 32.2 Å². The first-order valence-electron chi connectivity index (χ1n) is 7.63. The van der Waals surface area contributed by atoms with Crippen molar-refractivity contribution in [2.45, 2.75) is 19.3 Å². The molecule has 0 aromatic heterocycles. The maximum absolute atomic E-state index is 8.71. The number of ether oxygens (including phenoxy) is 2. The van der Waals surface area contributed by atoms with Gasteiger partial charge in [0, 0.05) is 19.6 Å². The SMILES string of the molecule is COc1ccc(CCNC(=S)N(CCC#N)CCC#N)cc1OC. The zero-order chi connectivity index (χ0) is 17.8. The van der Waals surface area contributed by atoms with Crippen LogP contribution in [-0.2, 0) is 6.42 Å². The number of hydrogen-bond donors (Lipinski definition) is 1. The number of thiocarbonyl (C=S) groups is 1. The maximum atomic E-state index is 8.71. The van der Waals surface area contributed by atoms with E-state index in [1.54, 1.807) is 14.2 Å². The quantitative estimate of drug-likeness (QED) is 0.687. The topological polar surface area (TPSA) is 81.3 Å². The Bertz CT molecular complexity index is 604. The molecule has 0 saturated heterocycles. The highest BCUT2D eigenvalue weighted by Crippen LogP contribution is 2.27. The molecule has 128 valence electrons. The second-order valence-electron chi connectivity index (χ2n) is 4.97. The van der Waals surface area contributed by atoms with E-state index in [1.165, 1.54) is 0 Å². The van der Waals surface area contributed by atoms with Gasteiger partial charge in [0.25, 0.3) is 0 Å². The molecule has 1 N–H and O–H groups in total. The van der Waals surface area contributed by atoms with Crippen molar-refractivity contribution in [3.63, 3.8) is 0 Å². The van der Waals surface area contributed by atoms with Gasteiger partial charge >= 0.3 is 0 Å². The molecule has 6 nitrogen and oxygen atoms in total. The van der Waals surface area contributed by atoms with Gasteiger partial charge in [-0.2, -0.15) is 10.5 Å². The predicted molar refractivity (Wildman–Crippen MR) is 95.9 cm³/mol. The molecule has 0 aliphatic carbocycles. The Morgan fingerprint density at radius 1 is 1.12 bits per heavy atom. The second-order valence-corrected chi connectivity index (χ2v) is 5.36. The normalized spacial score (nSPS) is 9.50. The number of rotatable bonds is 9. The zero-order valence-corrected chi connectivity index (χ0v) is 14.9. The smallest absolute Gasteiger partial charge is 0.169 e. The fourth-order valence-electron chi connectivity index (χ4n) is 2.15. The number of benzene rings is 1. The van der Waals surface area contributed by atoms with Crippen molar-refractivity contribution in [1.82, 2.24) is 10.2 Å². The molecule has 0 aliphatic rings. The molecule has 0 spiro atoms. The van der Waals surface area contributed by atoms with Crippen LogP contribution in [0.2, 0.25) is 0 Å². The highest BCUT2D eigenvalue weighted by atomic mass is 32.1. The minimum atomic E-state index is 0.378. The lowest BCUT2D eigenvalue weighted by Crippen LogP contribution is -2.41. The van der Waals surface area contributed by atoms with E-state index in [1.807, 2.05) is 23.1 Å². The van der Waals surface area contributed by atoms with Crippen LogP contribution in [0.1, 0.15) is 18.4 Å². The average molecular weight is 346 g/mol. The van der Waals surface area contributed by atoms with Crippen LogP contribution in [0.15, 0.2) is 18.2 Å². The first kappa shape index (κ1) is 19.5. The molecule has 0 unspecified atom stereocenters. The molecule has 1 aromatic rings. The van der Waals surface area contributed by atoms with Crippen LogP contribution in [0, 0.1) is 22.7 Å². The summed E-state index contributed by atoms with van der Waals surface area (Å²) in [6.07, 6.45) is 1.52. The number of nitrogens with zero attached hydrogens (tertiary/aromatic N) is 3. The molecule has 0 atom stereocenters.